The summed E-state index contributed by atoms with van der Waals surface area (Å²) in [7, 11) is 0. The molecule has 1 unspecified atom stereocenters. The molecule has 1 heterocycles. The van der Waals surface area contributed by atoms with Crippen LogP contribution in [0.5, 0.6) is 0 Å². The van der Waals surface area contributed by atoms with Crippen molar-refractivity contribution in [1.82, 2.24) is 9.78 Å². The quantitative estimate of drug-likeness (QED) is 0.766. The minimum Gasteiger partial charge on any atom is -0.389 e. The first-order chi connectivity index (χ1) is 8.06. The molecule has 1 atom stereocenters. The third kappa shape index (κ3) is 4.30. The van der Waals surface area contributed by atoms with Crippen molar-refractivity contribution < 1.29 is 9.84 Å². The summed E-state index contributed by atoms with van der Waals surface area (Å²) in [6.07, 6.45) is 1.59. The van der Waals surface area contributed by atoms with Crippen molar-refractivity contribution in [1.29, 1.82) is 0 Å². The number of ether oxygens (including phenoxy) is 1. The van der Waals surface area contributed by atoms with Crippen LogP contribution in [-0.2, 0) is 11.3 Å². The number of halogens is 1. The summed E-state index contributed by atoms with van der Waals surface area (Å²) in [6.45, 7) is 7.33. The first-order valence-corrected chi connectivity index (χ1v) is 6.39. The molecule has 0 saturated carbocycles. The van der Waals surface area contributed by atoms with Crippen molar-refractivity contribution in [2.24, 2.45) is 0 Å². The summed E-state index contributed by atoms with van der Waals surface area (Å²) in [5.41, 5.74) is 1.68. The third-order valence-electron chi connectivity index (χ3n) is 2.63. The average molecular weight is 261 g/mol. The Morgan fingerprint density at radius 2 is 2.18 bits per heavy atom. The highest BCUT2D eigenvalue weighted by molar-refractivity contribution is 6.31. The molecule has 5 heteroatoms. The van der Waals surface area contributed by atoms with Gasteiger partial charge in [-0.1, -0.05) is 24.9 Å². The topological polar surface area (TPSA) is 47.3 Å². The van der Waals surface area contributed by atoms with Crippen LogP contribution in [0.25, 0.3) is 0 Å². The second-order valence-electron chi connectivity index (χ2n) is 4.25. The lowest BCUT2D eigenvalue weighted by Crippen LogP contribution is -2.23. The van der Waals surface area contributed by atoms with Crippen LogP contribution in [0.3, 0.4) is 0 Å². The van der Waals surface area contributed by atoms with Crippen molar-refractivity contribution in [2.75, 3.05) is 13.2 Å². The molecule has 0 aliphatic heterocycles. The van der Waals surface area contributed by atoms with Crippen molar-refractivity contribution in [3.05, 3.63) is 16.4 Å². The number of aromatic nitrogens is 2. The van der Waals surface area contributed by atoms with Gasteiger partial charge in [-0.05, 0) is 20.3 Å². The summed E-state index contributed by atoms with van der Waals surface area (Å²) in [6, 6.07) is 0. The zero-order valence-corrected chi connectivity index (χ0v) is 11.5. The highest BCUT2D eigenvalue weighted by atomic mass is 35.5. The van der Waals surface area contributed by atoms with Crippen LogP contribution < -0.4 is 0 Å². The molecule has 1 N–H and O–H groups in total. The van der Waals surface area contributed by atoms with Gasteiger partial charge in [0.1, 0.15) is 0 Å². The van der Waals surface area contributed by atoms with Crippen molar-refractivity contribution in [3.8, 4) is 0 Å². The van der Waals surface area contributed by atoms with E-state index in [0.717, 1.165) is 24.2 Å². The normalized spacial score (nSPS) is 13.0. The number of rotatable bonds is 7. The molecule has 0 saturated heterocycles. The van der Waals surface area contributed by atoms with E-state index in [1.807, 2.05) is 13.8 Å². The molecule has 17 heavy (non-hydrogen) atoms. The molecule has 0 spiro atoms. The molecule has 4 nitrogen and oxygen atoms in total. The number of hydrogen-bond donors (Lipinski definition) is 1. The zero-order chi connectivity index (χ0) is 12.8. The molecule has 0 aliphatic rings. The Bertz CT molecular complexity index is 353. The maximum absolute atomic E-state index is 9.80. The fraction of sp³-hybridized carbons (Fsp3) is 0.750. The van der Waals surface area contributed by atoms with E-state index in [1.54, 1.807) is 4.68 Å². The SMILES string of the molecule is CCCCOCC(O)Cn1nc(C)c(Cl)c1C. The Labute approximate surface area is 108 Å². The van der Waals surface area contributed by atoms with E-state index in [-0.39, 0.29) is 0 Å². The van der Waals surface area contributed by atoms with Gasteiger partial charge in [-0.3, -0.25) is 4.68 Å². The number of aryl methyl sites for hydroxylation is 1. The summed E-state index contributed by atoms with van der Waals surface area (Å²) in [5.74, 6) is 0. The maximum Gasteiger partial charge on any atom is 0.0969 e. The van der Waals surface area contributed by atoms with Gasteiger partial charge in [-0.15, -0.1) is 0 Å². The van der Waals surface area contributed by atoms with Crippen LogP contribution >= 0.6 is 11.6 Å². The highest BCUT2D eigenvalue weighted by Gasteiger charge is 2.12. The van der Waals surface area contributed by atoms with Crippen LogP contribution in [0.15, 0.2) is 0 Å². The van der Waals surface area contributed by atoms with E-state index >= 15 is 0 Å². The lowest BCUT2D eigenvalue weighted by Gasteiger charge is -2.12. The van der Waals surface area contributed by atoms with Crippen LogP contribution in [-0.4, -0.2) is 34.2 Å². The van der Waals surface area contributed by atoms with Gasteiger partial charge in [-0.2, -0.15) is 5.10 Å². The van der Waals surface area contributed by atoms with Gasteiger partial charge < -0.3 is 9.84 Å². The van der Waals surface area contributed by atoms with E-state index < -0.39 is 6.10 Å². The Morgan fingerprint density at radius 3 is 2.71 bits per heavy atom. The van der Waals surface area contributed by atoms with E-state index in [0.29, 0.717) is 24.8 Å². The third-order valence-corrected chi connectivity index (χ3v) is 3.18. The Morgan fingerprint density at radius 1 is 1.47 bits per heavy atom. The highest BCUT2D eigenvalue weighted by Crippen LogP contribution is 2.18. The van der Waals surface area contributed by atoms with Crippen molar-refractivity contribution >= 4 is 11.6 Å². The first-order valence-electron chi connectivity index (χ1n) is 6.01. The molecule has 0 radical (unpaired) electrons. The van der Waals surface area contributed by atoms with Gasteiger partial charge in [0.25, 0.3) is 0 Å². The molecule has 1 aromatic heterocycles. The Kier molecular flexibility index (Phi) is 5.95. The molecule has 1 aromatic rings. The standard InChI is InChI=1S/C12H21ClN2O2/c1-4-5-6-17-8-11(16)7-15-10(3)12(13)9(2)14-15/h11,16H,4-8H2,1-3H3. The molecule has 1 rings (SSSR count). The second kappa shape index (κ2) is 6.99. The predicted molar refractivity (Wildman–Crippen MR) is 68.4 cm³/mol. The molecule has 98 valence electrons. The molecule has 0 amide bonds. The van der Waals surface area contributed by atoms with Gasteiger partial charge >= 0.3 is 0 Å². The largest absolute Gasteiger partial charge is 0.389 e. The molecule has 0 bridgehead atoms. The van der Waals surface area contributed by atoms with Crippen LogP contribution in [0.1, 0.15) is 31.2 Å². The van der Waals surface area contributed by atoms with E-state index in [9.17, 15) is 5.11 Å². The van der Waals surface area contributed by atoms with Gasteiger partial charge in [0.2, 0.25) is 0 Å². The van der Waals surface area contributed by atoms with Crippen LogP contribution in [0.2, 0.25) is 5.02 Å². The fourth-order valence-electron chi connectivity index (χ4n) is 1.57. The lowest BCUT2D eigenvalue weighted by atomic mass is 10.3. The van der Waals surface area contributed by atoms with Gasteiger partial charge in [0.15, 0.2) is 0 Å². The summed E-state index contributed by atoms with van der Waals surface area (Å²) in [4.78, 5) is 0. The smallest absolute Gasteiger partial charge is 0.0969 e. The molecular formula is C12H21ClN2O2. The molecular weight excluding hydrogens is 240 g/mol. The zero-order valence-electron chi connectivity index (χ0n) is 10.7. The van der Waals surface area contributed by atoms with Gasteiger partial charge in [0, 0.05) is 6.61 Å². The number of aliphatic hydroxyl groups is 1. The summed E-state index contributed by atoms with van der Waals surface area (Å²) < 4.78 is 7.09. The van der Waals surface area contributed by atoms with Crippen LogP contribution in [0.4, 0.5) is 0 Å². The van der Waals surface area contributed by atoms with E-state index in [4.69, 9.17) is 16.3 Å². The summed E-state index contributed by atoms with van der Waals surface area (Å²) in [5, 5.41) is 14.7. The minimum absolute atomic E-state index is 0.343. The Balaban J connectivity index is 2.39. The number of unbranched alkanes of at least 4 members (excludes halogenated alkanes) is 1. The van der Waals surface area contributed by atoms with Gasteiger partial charge in [-0.25, -0.2) is 0 Å². The van der Waals surface area contributed by atoms with E-state index in [1.165, 1.54) is 0 Å². The van der Waals surface area contributed by atoms with Crippen molar-refractivity contribution in [3.63, 3.8) is 0 Å². The first kappa shape index (κ1) is 14.5. The van der Waals surface area contributed by atoms with Gasteiger partial charge in [0.05, 0.1) is 35.7 Å². The number of hydrogen-bond acceptors (Lipinski definition) is 3. The predicted octanol–water partition coefficient (Wildman–Crippen LogP) is 2.33. The number of aliphatic hydroxyl groups excluding tert-OH is 1. The lowest BCUT2D eigenvalue weighted by molar-refractivity contribution is 0.0250. The number of nitrogens with zero attached hydrogens (tertiary/aromatic N) is 2. The maximum atomic E-state index is 9.80. The summed E-state index contributed by atoms with van der Waals surface area (Å²) >= 11 is 6.03. The second-order valence-corrected chi connectivity index (χ2v) is 4.63. The van der Waals surface area contributed by atoms with Crippen molar-refractivity contribution in [2.45, 2.75) is 46.3 Å². The van der Waals surface area contributed by atoms with Crippen LogP contribution in [0, 0.1) is 13.8 Å². The molecule has 0 aromatic carbocycles. The fourth-order valence-corrected chi connectivity index (χ4v) is 1.71. The Hall–Kier alpha value is -0.580. The molecule has 0 fully saturated rings. The minimum atomic E-state index is -0.541. The monoisotopic (exact) mass is 260 g/mol. The average Bonchev–Trinajstić information content (AvgIpc) is 2.53. The van der Waals surface area contributed by atoms with E-state index in [2.05, 4.69) is 12.0 Å². The molecule has 0 aliphatic carbocycles.